The van der Waals surface area contributed by atoms with Crippen molar-refractivity contribution in [2.45, 2.75) is 59.2 Å². The van der Waals surface area contributed by atoms with Gasteiger partial charge in [0.1, 0.15) is 12.6 Å². The van der Waals surface area contributed by atoms with Gasteiger partial charge in [0.15, 0.2) is 0 Å². The van der Waals surface area contributed by atoms with E-state index in [1.807, 2.05) is 20.8 Å². The molecule has 0 spiro atoms. The van der Waals surface area contributed by atoms with Gasteiger partial charge in [-0.3, -0.25) is 13.9 Å². The summed E-state index contributed by atoms with van der Waals surface area (Å²) in [4.78, 5) is 28.2. The minimum absolute atomic E-state index is 0.0571. The van der Waals surface area contributed by atoms with Crippen molar-refractivity contribution in [3.05, 3.63) is 64.7 Å². The Morgan fingerprint density at radius 3 is 2.21 bits per heavy atom. The number of nitrogens with zero attached hydrogens (tertiary/aromatic N) is 2. The summed E-state index contributed by atoms with van der Waals surface area (Å²) < 4.78 is 26.4. The van der Waals surface area contributed by atoms with Crippen LogP contribution in [0, 0.1) is 6.92 Å². The number of hydrogen-bond acceptors (Lipinski definition) is 4. The molecule has 0 bridgehead atoms. The molecule has 0 saturated heterocycles. The molecule has 2 atom stereocenters. The fourth-order valence-corrected chi connectivity index (χ4v) is 4.71. The molecule has 0 saturated carbocycles. The standard InChI is InChI=1S/C25H34ClN3O4S/c1-6-19(4)27-25(31)22(7-2)28(16-20-13-9-10-14-21(20)26)24(30)17-29(34(5,32)33)23-15-11-8-12-18(23)3/h8-15,19,22H,6-7,16-17H2,1-5H3,(H,27,31). The van der Waals surface area contributed by atoms with Crippen molar-refractivity contribution in [1.82, 2.24) is 10.2 Å². The van der Waals surface area contributed by atoms with Crippen LogP contribution in [0.5, 0.6) is 0 Å². The van der Waals surface area contributed by atoms with E-state index in [4.69, 9.17) is 11.6 Å². The number of rotatable bonds is 11. The molecule has 0 aromatic heterocycles. The highest BCUT2D eigenvalue weighted by atomic mass is 35.5. The van der Waals surface area contributed by atoms with Gasteiger partial charge < -0.3 is 10.2 Å². The predicted octanol–water partition coefficient (Wildman–Crippen LogP) is 4.14. The number of benzene rings is 2. The second kappa shape index (κ2) is 12.2. The molecule has 0 aliphatic rings. The first-order valence-corrected chi connectivity index (χ1v) is 13.6. The van der Waals surface area contributed by atoms with E-state index in [1.54, 1.807) is 55.5 Å². The van der Waals surface area contributed by atoms with Gasteiger partial charge in [-0.15, -0.1) is 0 Å². The summed E-state index contributed by atoms with van der Waals surface area (Å²) in [6, 6.07) is 13.2. The number of hydrogen-bond donors (Lipinski definition) is 1. The molecule has 2 amide bonds. The van der Waals surface area contributed by atoms with Crippen LogP contribution in [0.4, 0.5) is 5.69 Å². The third-order valence-electron chi connectivity index (χ3n) is 5.75. The summed E-state index contributed by atoms with van der Waals surface area (Å²) in [5.41, 5.74) is 1.82. The van der Waals surface area contributed by atoms with Crippen LogP contribution >= 0.6 is 11.6 Å². The highest BCUT2D eigenvalue weighted by molar-refractivity contribution is 7.92. The zero-order valence-corrected chi connectivity index (χ0v) is 22.0. The molecular formula is C25H34ClN3O4S. The summed E-state index contributed by atoms with van der Waals surface area (Å²) in [7, 11) is -3.77. The quantitative estimate of drug-likeness (QED) is 0.495. The van der Waals surface area contributed by atoms with E-state index >= 15 is 0 Å². The van der Waals surface area contributed by atoms with Gasteiger partial charge in [0.05, 0.1) is 11.9 Å². The minimum atomic E-state index is -3.77. The molecule has 0 aliphatic carbocycles. The molecule has 0 fully saturated rings. The molecule has 2 aromatic rings. The van der Waals surface area contributed by atoms with Crippen molar-refractivity contribution in [2.75, 3.05) is 17.1 Å². The van der Waals surface area contributed by atoms with Gasteiger partial charge in [0.2, 0.25) is 21.8 Å². The van der Waals surface area contributed by atoms with Gasteiger partial charge >= 0.3 is 0 Å². The molecular weight excluding hydrogens is 474 g/mol. The second-order valence-corrected chi connectivity index (χ2v) is 10.7. The maximum atomic E-state index is 13.7. The van der Waals surface area contributed by atoms with Crippen LogP contribution in [-0.4, -0.2) is 50.0 Å². The Bertz CT molecular complexity index is 1110. The van der Waals surface area contributed by atoms with Crippen LogP contribution in [0.1, 0.15) is 44.7 Å². The number of halogens is 1. The van der Waals surface area contributed by atoms with E-state index in [2.05, 4.69) is 5.32 Å². The van der Waals surface area contributed by atoms with Crippen molar-refractivity contribution < 1.29 is 18.0 Å². The summed E-state index contributed by atoms with van der Waals surface area (Å²) in [5.74, 6) is -0.765. The Kier molecular flexibility index (Phi) is 9.94. The van der Waals surface area contributed by atoms with Gasteiger partial charge in [-0.05, 0) is 49.9 Å². The third-order valence-corrected chi connectivity index (χ3v) is 7.24. The molecule has 9 heteroatoms. The number of carbonyl (C=O) groups is 2. The number of anilines is 1. The number of nitrogens with one attached hydrogen (secondary N) is 1. The molecule has 7 nitrogen and oxygen atoms in total. The van der Waals surface area contributed by atoms with E-state index in [1.165, 1.54) is 4.90 Å². The molecule has 2 unspecified atom stereocenters. The van der Waals surface area contributed by atoms with E-state index in [0.29, 0.717) is 22.7 Å². The Morgan fingerprint density at radius 1 is 1.03 bits per heavy atom. The fraction of sp³-hybridized carbons (Fsp3) is 0.440. The van der Waals surface area contributed by atoms with E-state index in [-0.39, 0.29) is 18.5 Å². The first-order chi connectivity index (χ1) is 16.0. The molecule has 2 rings (SSSR count). The molecule has 0 aliphatic heterocycles. The normalized spacial score (nSPS) is 13.1. The lowest BCUT2D eigenvalue weighted by molar-refractivity contribution is -0.140. The van der Waals surface area contributed by atoms with Crippen LogP contribution in [0.3, 0.4) is 0 Å². The zero-order valence-electron chi connectivity index (χ0n) is 20.4. The van der Waals surface area contributed by atoms with Crippen LogP contribution in [0.15, 0.2) is 48.5 Å². The lowest BCUT2D eigenvalue weighted by Gasteiger charge is -2.33. The van der Waals surface area contributed by atoms with Gasteiger partial charge in [-0.1, -0.05) is 61.8 Å². The topological polar surface area (TPSA) is 86.8 Å². The first kappa shape index (κ1) is 27.7. The average molecular weight is 508 g/mol. The number of carbonyl (C=O) groups excluding carboxylic acids is 2. The number of aryl methyl sites for hydroxylation is 1. The molecule has 0 radical (unpaired) electrons. The van der Waals surface area contributed by atoms with Crippen LogP contribution in [0.25, 0.3) is 0 Å². The van der Waals surface area contributed by atoms with Gasteiger partial charge in [-0.2, -0.15) is 0 Å². The summed E-state index contributed by atoms with van der Waals surface area (Å²) in [6.07, 6.45) is 2.18. The van der Waals surface area contributed by atoms with Gasteiger partial charge in [0.25, 0.3) is 0 Å². The van der Waals surface area contributed by atoms with Crippen molar-refractivity contribution in [3.63, 3.8) is 0 Å². The Hall–Kier alpha value is -2.58. The Labute approximate surface area is 208 Å². The van der Waals surface area contributed by atoms with Gasteiger partial charge in [-0.25, -0.2) is 8.42 Å². The fourth-order valence-electron chi connectivity index (χ4n) is 3.61. The SMILES string of the molecule is CCC(C)NC(=O)C(CC)N(Cc1ccccc1Cl)C(=O)CN(c1ccccc1C)S(C)(=O)=O. The molecule has 34 heavy (non-hydrogen) atoms. The van der Waals surface area contributed by atoms with Crippen molar-refractivity contribution >= 4 is 39.1 Å². The van der Waals surface area contributed by atoms with Crippen molar-refractivity contribution in [3.8, 4) is 0 Å². The second-order valence-electron chi connectivity index (χ2n) is 8.41. The highest BCUT2D eigenvalue weighted by Crippen LogP contribution is 2.24. The molecule has 186 valence electrons. The summed E-state index contributed by atoms with van der Waals surface area (Å²) in [5, 5.41) is 3.41. The number of para-hydroxylation sites is 1. The lowest BCUT2D eigenvalue weighted by atomic mass is 10.1. The van der Waals surface area contributed by atoms with Crippen LogP contribution < -0.4 is 9.62 Å². The number of amides is 2. The van der Waals surface area contributed by atoms with Gasteiger partial charge in [0, 0.05) is 17.6 Å². The highest BCUT2D eigenvalue weighted by Gasteiger charge is 2.32. The minimum Gasteiger partial charge on any atom is -0.352 e. The zero-order chi connectivity index (χ0) is 25.5. The summed E-state index contributed by atoms with van der Waals surface area (Å²) in [6.45, 7) is 7.12. The predicted molar refractivity (Wildman–Crippen MR) is 137 cm³/mol. The Morgan fingerprint density at radius 2 is 1.65 bits per heavy atom. The largest absolute Gasteiger partial charge is 0.352 e. The smallest absolute Gasteiger partial charge is 0.244 e. The van der Waals surface area contributed by atoms with E-state index < -0.39 is 28.5 Å². The molecule has 0 heterocycles. The lowest BCUT2D eigenvalue weighted by Crippen LogP contribution is -2.53. The third kappa shape index (κ3) is 7.21. The van der Waals surface area contributed by atoms with Crippen molar-refractivity contribution in [2.24, 2.45) is 0 Å². The maximum Gasteiger partial charge on any atom is 0.244 e. The van der Waals surface area contributed by atoms with E-state index in [9.17, 15) is 18.0 Å². The van der Waals surface area contributed by atoms with E-state index in [0.717, 1.165) is 22.5 Å². The van der Waals surface area contributed by atoms with Crippen LogP contribution in [-0.2, 0) is 26.2 Å². The maximum absolute atomic E-state index is 13.7. The first-order valence-electron chi connectivity index (χ1n) is 11.4. The molecule has 2 aromatic carbocycles. The van der Waals surface area contributed by atoms with Crippen LogP contribution in [0.2, 0.25) is 5.02 Å². The average Bonchev–Trinajstić information content (AvgIpc) is 2.78. The monoisotopic (exact) mass is 507 g/mol. The van der Waals surface area contributed by atoms with Crippen molar-refractivity contribution in [1.29, 1.82) is 0 Å². The summed E-state index contributed by atoms with van der Waals surface area (Å²) >= 11 is 6.36. The Balaban J connectivity index is 2.47. The molecule has 1 N–H and O–H groups in total. The number of sulfonamides is 1.